The number of nitrogens with one attached hydrogen (secondary N) is 1. The number of hydrogen-bond acceptors (Lipinski definition) is 5. The number of hydrogen-bond donors (Lipinski definition) is 2. The van der Waals surface area contributed by atoms with Gasteiger partial charge >= 0.3 is 5.97 Å². The highest BCUT2D eigenvalue weighted by Crippen LogP contribution is 2.30. The molecular formula is C17H19FN2O5S. The second kappa shape index (κ2) is 7.69. The first kappa shape index (κ1) is 19.6. The largest absolute Gasteiger partial charge is 0.480 e. The molecule has 9 heteroatoms. The number of methoxy groups -OCH3 is 1. The van der Waals surface area contributed by atoms with Crippen LogP contribution in [0.25, 0.3) is 0 Å². The quantitative estimate of drug-likeness (QED) is 0.761. The van der Waals surface area contributed by atoms with Gasteiger partial charge in [0, 0.05) is 6.20 Å². The molecule has 140 valence electrons. The Morgan fingerprint density at radius 1 is 1.38 bits per heavy atom. The molecule has 2 aromatic rings. The van der Waals surface area contributed by atoms with Gasteiger partial charge < -0.3 is 9.84 Å². The van der Waals surface area contributed by atoms with Gasteiger partial charge in [-0.05, 0) is 42.2 Å². The maximum Gasteiger partial charge on any atom is 0.335 e. The second-order valence-corrected chi connectivity index (χ2v) is 7.34. The molecule has 1 atom stereocenters. The molecule has 0 radical (unpaired) electrons. The number of halogens is 1. The predicted octanol–water partition coefficient (Wildman–Crippen LogP) is 3.24. The molecule has 0 spiro atoms. The Morgan fingerprint density at radius 2 is 2.08 bits per heavy atom. The molecule has 0 fully saturated rings. The van der Waals surface area contributed by atoms with Gasteiger partial charge in [0.25, 0.3) is 10.0 Å². The van der Waals surface area contributed by atoms with Crippen LogP contribution in [0.1, 0.15) is 42.1 Å². The molecule has 2 rings (SSSR count). The van der Waals surface area contributed by atoms with E-state index >= 15 is 0 Å². The molecule has 0 aliphatic rings. The Labute approximate surface area is 150 Å². The third-order valence-electron chi connectivity index (χ3n) is 3.96. The number of carboxylic acids is 1. The van der Waals surface area contributed by atoms with E-state index in [0.29, 0.717) is 0 Å². The fraction of sp³-hybridized carbons (Fsp3) is 0.294. The van der Waals surface area contributed by atoms with Gasteiger partial charge in [0.1, 0.15) is 16.4 Å². The monoisotopic (exact) mass is 382 g/mol. The van der Waals surface area contributed by atoms with Crippen molar-refractivity contribution >= 4 is 21.7 Å². The Bertz CT molecular complexity index is 931. The minimum Gasteiger partial charge on any atom is -0.480 e. The molecule has 26 heavy (non-hydrogen) atoms. The molecule has 0 aliphatic carbocycles. The summed E-state index contributed by atoms with van der Waals surface area (Å²) in [5, 5.41) is 8.99. The van der Waals surface area contributed by atoms with Crippen LogP contribution in [0, 0.1) is 5.82 Å². The Hall–Kier alpha value is -2.68. The fourth-order valence-electron chi connectivity index (χ4n) is 2.25. The van der Waals surface area contributed by atoms with Crippen LogP contribution >= 0.6 is 0 Å². The lowest BCUT2D eigenvalue weighted by Crippen LogP contribution is -2.17. The van der Waals surface area contributed by atoms with Crippen molar-refractivity contribution in [1.82, 2.24) is 4.98 Å². The third-order valence-corrected chi connectivity index (χ3v) is 5.34. The van der Waals surface area contributed by atoms with Crippen molar-refractivity contribution in [3.8, 4) is 5.88 Å². The molecule has 2 N–H and O–H groups in total. The number of pyridine rings is 1. The van der Waals surface area contributed by atoms with Crippen LogP contribution in [0.5, 0.6) is 5.88 Å². The highest BCUT2D eigenvalue weighted by atomic mass is 32.2. The average Bonchev–Trinajstić information content (AvgIpc) is 2.60. The molecular weight excluding hydrogens is 363 g/mol. The molecule has 1 unspecified atom stereocenters. The van der Waals surface area contributed by atoms with Crippen molar-refractivity contribution in [3.63, 3.8) is 0 Å². The van der Waals surface area contributed by atoms with Gasteiger partial charge in [0.05, 0.1) is 12.7 Å². The molecule has 1 heterocycles. The van der Waals surface area contributed by atoms with Crippen LogP contribution < -0.4 is 9.46 Å². The van der Waals surface area contributed by atoms with Crippen molar-refractivity contribution in [2.75, 3.05) is 11.8 Å². The number of carbonyl (C=O) groups is 1. The Morgan fingerprint density at radius 3 is 2.65 bits per heavy atom. The maximum absolute atomic E-state index is 14.0. The fourth-order valence-corrected chi connectivity index (χ4v) is 3.40. The first-order valence-electron chi connectivity index (χ1n) is 7.79. The van der Waals surface area contributed by atoms with Gasteiger partial charge in [0.2, 0.25) is 5.88 Å². The number of sulfonamides is 1. The summed E-state index contributed by atoms with van der Waals surface area (Å²) in [7, 11) is -3.06. The maximum atomic E-state index is 14.0. The smallest absolute Gasteiger partial charge is 0.335 e. The molecule has 0 aliphatic heterocycles. The van der Waals surface area contributed by atoms with Crippen LogP contribution in [0.2, 0.25) is 0 Å². The van der Waals surface area contributed by atoms with Crippen LogP contribution in [-0.4, -0.2) is 31.6 Å². The number of nitrogens with zero attached hydrogens (tertiary/aromatic N) is 1. The summed E-state index contributed by atoms with van der Waals surface area (Å²) in [6, 6.07) is 4.11. The summed E-state index contributed by atoms with van der Waals surface area (Å²) < 4.78 is 46.5. The number of carboxylic acid groups (broad SMARTS) is 1. The molecule has 0 saturated heterocycles. The zero-order valence-corrected chi connectivity index (χ0v) is 15.3. The van der Waals surface area contributed by atoms with Gasteiger partial charge in [-0.1, -0.05) is 13.8 Å². The summed E-state index contributed by atoms with van der Waals surface area (Å²) in [5.41, 5.74) is 0.487. The zero-order chi connectivity index (χ0) is 19.5. The lowest BCUT2D eigenvalue weighted by molar-refractivity contribution is 0.0696. The first-order valence-corrected chi connectivity index (χ1v) is 9.27. The average molecular weight is 382 g/mol. The van der Waals surface area contributed by atoms with Crippen molar-refractivity contribution in [1.29, 1.82) is 0 Å². The van der Waals surface area contributed by atoms with Gasteiger partial charge in [-0.25, -0.2) is 22.6 Å². The number of ether oxygens (including phenoxy) is 1. The summed E-state index contributed by atoms with van der Waals surface area (Å²) in [6.07, 6.45) is 2.39. The van der Waals surface area contributed by atoms with Crippen LogP contribution in [0.15, 0.2) is 35.4 Å². The van der Waals surface area contributed by atoms with E-state index in [1.807, 2.05) is 13.8 Å². The van der Waals surface area contributed by atoms with Crippen molar-refractivity contribution in [2.45, 2.75) is 31.1 Å². The van der Waals surface area contributed by atoms with Gasteiger partial charge in [-0.15, -0.1) is 0 Å². The van der Waals surface area contributed by atoms with Crippen LogP contribution in [0.3, 0.4) is 0 Å². The lowest BCUT2D eigenvalue weighted by atomic mass is 10.0. The topological polar surface area (TPSA) is 106 Å². The van der Waals surface area contributed by atoms with E-state index in [1.165, 1.54) is 7.11 Å². The second-order valence-electron chi connectivity index (χ2n) is 5.69. The normalized spacial score (nSPS) is 12.5. The van der Waals surface area contributed by atoms with E-state index in [9.17, 15) is 17.6 Å². The minimum absolute atomic E-state index is 0.0235. The van der Waals surface area contributed by atoms with Gasteiger partial charge in [0.15, 0.2) is 0 Å². The number of benzene rings is 1. The molecule has 1 aromatic carbocycles. The van der Waals surface area contributed by atoms with Gasteiger partial charge in [-0.3, -0.25) is 4.72 Å². The standard InChI is InChI=1S/C17H19FN2O5S/c1-4-10(2)12-7-14(16(25-3)19-9-12)20-26(23,24)15-8-11(17(21)22)5-6-13(15)18/h5-10,20H,4H2,1-3H3,(H,21,22). The highest BCUT2D eigenvalue weighted by molar-refractivity contribution is 7.92. The summed E-state index contributed by atoms with van der Waals surface area (Å²) >= 11 is 0. The summed E-state index contributed by atoms with van der Waals surface area (Å²) in [6.45, 7) is 3.93. The van der Waals surface area contributed by atoms with Crippen LogP contribution in [0.4, 0.5) is 10.1 Å². The van der Waals surface area contributed by atoms with Crippen LogP contribution in [-0.2, 0) is 10.0 Å². The van der Waals surface area contributed by atoms with Crippen molar-refractivity contribution in [2.24, 2.45) is 0 Å². The van der Waals surface area contributed by atoms with E-state index in [0.717, 1.165) is 30.2 Å². The molecule has 0 bridgehead atoms. The first-order chi connectivity index (χ1) is 12.2. The van der Waals surface area contributed by atoms with E-state index < -0.39 is 26.7 Å². The van der Waals surface area contributed by atoms with E-state index in [2.05, 4.69) is 9.71 Å². The van der Waals surface area contributed by atoms with Crippen molar-refractivity contribution in [3.05, 3.63) is 47.4 Å². The third kappa shape index (κ3) is 4.10. The molecule has 7 nitrogen and oxygen atoms in total. The Kier molecular flexibility index (Phi) is 5.81. The molecule has 0 saturated carbocycles. The highest BCUT2D eigenvalue weighted by Gasteiger charge is 2.23. The van der Waals surface area contributed by atoms with E-state index in [1.54, 1.807) is 12.3 Å². The number of anilines is 1. The van der Waals surface area contributed by atoms with Gasteiger partial charge in [-0.2, -0.15) is 0 Å². The number of aromatic nitrogens is 1. The molecule has 1 aromatic heterocycles. The Balaban J connectivity index is 2.50. The lowest BCUT2D eigenvalue weighted by Gasteiger charge is -2.15. The summed E-state index contributed by atoms with van der Waals surface area (Å²) in [5.74, 6) is -2.27. The predicted molar refractivity (Wildman–Crippen MR) is 93.7 cm³/mol. The van der Waals surface area contributed by atoms with E-state index in [4.69, 9.17) is 9.84 Å². The summed E-state index contributed by atoms with van der Waals surface area (Å²) in [4.78, 5) is 14.3. The zero-order valence-electron chi connectivity index (χ0n) is 14.5. The SMILES string of the molecule is CCC(C)c1cnc(OC)c(NS(=O)(=O)c2cc(C(=O)O)ccc2F)c1. The minimum atomic E-state index is -4.39. The number of aromatic carboxylic acids is 1. The molecule has 0 amide bonds. The van der Waals surface area contributed by atoms with E-state index in [-0.39, 0.29) is 23.0 Å². The number of rotatable bonds is 7. The van der Waals surface area contributed by atoms with Crippen molar-refractivity contribution < 1.29 is 27.4 Å².